The van der Waals surface area contributed by atoms with Crippen LogP contribution in [-0.2, 0) is 16.0 Å². The normalized spacial score (nSPS) is 15.2. The minimum absolute atomic E-state index is 0.0108. The van der Waals surface area contributed by atoms with Crippen molar-refractivity contribution in [3.8, 4) is 11.5 Å². The Balaban J connectivity index is 1.63. The van der Waals surface area contributed by atoms with Gasteiger partial charge in [-0.3, -0.25) is 4.79 Å². The molecule has 6 nitrogen and oxygen atoms in total. The highest BCUT2D eigenvalue weighted by Crippen LogP contribution is 2.33. The van der Waals surface area contributed by atoms with E-state index < -0.39 is 5.97 Å². The monoisotopic (exact) mass is 397 g/mol. The Hall–Kier alpha value is -3.02. The third kappa shape index (κ3) is 4.70. The van der Waals surface area contributed by atoms with E-state index in [1.807, 2.05) is 19.1 Å². The molecular formula is C23H27NO5. The van der Waals surface area contributed by atoms with Crippen LogP contribution in [0.3, 0.4) is 0 Å². The Morgan fingerprint density at radius 1 is 1.14 bits per heavy atom. The van der Waals surface area contributed by atoms with Gasteiger partial charge in [0.1, 0.15) is 0 Å². The van der Waals surface area contributed by atoms with Crippen molar-refractivity contribution < 1.29 is 23.8 Å². The maximum Gasteiger partial charge on any atom is 0.338 e. The third-order valence-corrected chi connectivity index (χ3v) is 5.22. The number of likely N-dealkylation sites (N-methyl/N-ethyl adjacent to an activating group) is 1. The molecule has 6 heteroatoms. The zero-order valence-electron chi connectivity index (χ0n) is 17.1. The standard InChI is InChI=1S/C23H27NO5/c1-4-28-21-14-17(12-13-20(21)27-3)23(26)29-15-22(25)24(2)19-11-7-9-16-8-5-6-10-18(16)19/h5-6,8,10,12-14,19H,4,7,9,11,15H2,1-3H3/t19-/m0/s1. The van der Waals surface area contributed by atoms with Crippen LogP contribution in [-0.4, -0.2) is 44.1 Å². The molecule has 154 valence electrons. The van der Waals surface area contributed by atoms with Crippen molar-refractivity contribution in [2.75, 3.05) is 27.4 Å². The molecule has 1 aliphatic carbocycles. The first-order valence-corrected chi connectivity index (χ1v) is 9.86. The molecule has 0 aliphatic heterocycles. The zero-order chi connectivity index (χ0) is 20.8. The number of carbonyl (C=O) groups excluding carboxylic acids is 2. The van der Waals surface area contributed by atoms with Crippen molar-refractivity contribution in [3.63, 3.8) is 0 Å². The van der Waals surface area contributed by atoms with E-state index in [1.165, 1.54) is 18.2 Å². The van der Waals surface area contributed by atoms with Crippen LogP contribution in [0.5, 0.6) is 11.5 Å². The molecule has 0 fully saturated rings. The van der Waals surface area contributed by atoms with Crippen molar-refractivity contribution in [1.82, 2.24) is 4.90 Å². The molecule has 0 radical (unpaired) electrons. The first-order chi connectivity index (χ1) is 14.0. The number of rotatable bonds is 7. The summed E-state index contributed by atoms with van der Waals surface area (Å²) in [6.07, 6.45) is 2.97. The molecule has 0 spiro atoms. The highest BCUT2D eigenvalue weighted by Gasteiger charge is 2.27. The summed E-state index contributed by atoms with van der Waals surface area (Å²) >= 11 is 0. The van der Waals surface area contributed by atoms with Crippen LogP contribution in [0.1, 0.15) is 47.3 Å². The lowest BCUT2D eigenvalue weighted by atomic mass is 9.87. The second-order valence-corrected chi connectivity index (χ2v) is 6.99. The molecule has 0 N–H and O–H groups in total. The van der Waals surface area contributed by atoms with E-state index >= 15 is 0 Å². The molecule has 29 heavy (non-hydrogen) atoms. The number of hydrogen-bond acceptors (Lipinski definition) is 5. The number of benzene rings is 2. The molecular weight excluding hydrogens is 370 g/mol. The van der Waals surface area contributed by atoms with Gasteiger partial charge in [0.05, 0.1) is 25.3 Å². The topological polar surface area (TPSA) is 65.1 Å². The Kier molecular flexibility index (Phi) is 6.75. The van der Waals surface area contributed by atoms with E-state index in [9.17, 15) is 9.59 Å². The van der Waals surface area contributed by atoms with Gasteiger partial charge in [0.25, 0.3) is 5.91 Å². The van der Waals surface area contributed by atoms with Gasteiger partial charge in [0.15, 0.2) is 18.1 Å². The SMILES string of the molecule is CCOc1cc(C(=O)OCC(=O)N(C)[C@H]2CCCc3ccccc32)ccc1OC. The third-order valence-electron chi connectivity index (χ3n) is 5.22. The van der Waals surface area contributed by atoms with Gasteiger partial charge in [-0.2, -0.15) is 0 Å². The van der Waals surface area contributed by atoms with Crippen LogP contribution in [0, 0.1) is 0 Å². The van der Waals surface area contributed by atoms with Crippen LogP contribution in [0.15, 0.2) is 42.5 Å². The van der Waals surface area contributed by atoms with Crippen molar-refractivity contribution in [2.24, 2.45) is 0 Å². The molecule has 0 aromatic heterocycles. The van der Waals surface area contributed by atoms with E-state index in [2.05, 4.69) is 12.1 Å². The van der Waals surface area contributed by atoms with E-state index in [-0.39, 0.29) is 18.6 Å². The van der Waals surface area contributed by atoms with Gasteiger partial charge in [0, 0.05) is 7.05 Å². The van der Waals surface area contributed by atoms with Gasteiger partial charge in [-0.25, -0.2) is 4.79 Å². The van der Waals surface area contributed by atoms with E-state index in [1.54, 1.807) is 30.1 Å². The largest absolute Gasteiger partial charge is 0.493 e. The predicted molar refractivity (Wildman–Crippen MR) is 109 cm³/mol. The lowest BCUT2D eigenvalue weighted by Crippen LogP contribution is -2.36. The quantitative estimate of drug-likeness (QED) is 0.665. The Bertz CT molecular complexity index is 879. The molecule has 0 bridgehead atoms. The number of amides is 1. The smallest absolute Gasteiger partial charge is 0.338 e. The second-order valence-electron chi connectivity index (χ2n) is 6.99. The van der Waals surface area contributed by atoms with Crippen LogP contribution in [0.25, 0.3) is 0 Å². The number of esters is 1. The highest BCUT2D eigenvalue weighted by atomic mass is 16.5. The summed E-state index contributed by atoms with van der Waals surface area (Å²) in [5.74, 6) is 0.208. The number of hydrogen-bond donors (Lipinski definition) is 0. The fourth-order valence-electron chi connectivity index (χ4n) is 3.69. The first-order valence-electron chi connectivity index (χ1n) is 9.86. The summed E-state index contributed by atoms with van der Waals surface area (Å²) in [5, 5.41) is 0. The van der Waals surface area contributed by atoms with Crippen LogP contribution >= 0.6 is 0 Å². The van der Waals surface area contributed by atoms with Crippen molar-refractivity contribution in [3.05, 3.63) is 59.2 Å². The Morgan fingerprint density at radius 2 is 1.93 bits per heavy atom. The van der Waals surface area contributed by atoms with E-state index in [0.29, 0.717) is 23.7 Å². The van der Waals surface area contributed by atoms with E-state index in [0.717, 1.165) is 19.3 Å². The van der Waals surface area contributed by atoms with Crippen LogP contribution < -0.4 is 9.47 Å². The Morgan fingerprint density at radius 3 is 2.69 bits per heavy atom. The average molecular weight is 397 g/mol. The number of aryl methyl sites for hydroxylation is 1. The molecule has 2 aromatic carbocycles. The molecule has 2 aromatic rings. The van der Waals surface area contributed by atoms with Crippen molar-refractivity contribution in [1.29, 1.82) is 0 Å². The number of carbonyl (C=O) groups is 2. The lowest BCUT2D eigenvalue weighted by molar-refractivity contribution is -0.135. The summed E-state index contributed by atoms with van der Waals surface area (Å²) in [5.41, 5.74) is 2.77. The lowest BCUT2D eigenvalue weighted by Gasteiger charge is -2.33. The van der Waals surface area contributed by atoms with Crippen molar-refractivity contribution in [2.45, 2.75) is 32.2 Å². The predicted octanol–water partition coefficient (Wildman–Crippen LogP) is 3.79. The summed E-state index contributed by atoms with van der Waals surface area (Å²) in [6, 6.07) is 13.0. The first kappa shape index (κ1) is 20.7. The maximum absolute atomic E-state index is 12.7. The van der Waals surface area contributed by atoms with Crippen LogP contribution in [0.2, 0.25) is 0 Å². The zero-order valence-corrected chi connectivity index (χ0v) is 17.1. The molecule has 3 rings (SSSR count). The number of nitrogens with zero attached hydrogens (tertiary/aromatic N) is 1. The summed E-state index contributed by atoms with van der Waals surface area (Å²) in [6.45, 7) is 1.99. The summed E-state index contributed by atoms with van der Waals surface area (Å²) < 4.78 is 16.0. The van der Waals surface area contributed by atoms with Gasteiger partial charge in [-0.1, -0.05) is 24.3 Å². The van der Waals surface area contributed by atoms with Gasteiger partial charge in [0.2, 0.25) is 0 Å². The van der Waals surface area contributed by atoms with Gasteiger partial charge < -0.3 is 19.1 Å². The minimum Gasteiger partial charge on any atom is -0.493 e. The van der Waals surface area contributed by atoms with Gasteiger partial charge >= 0.3 is 5.97 Å². The molecule has 0 saturated heterocycles. The number of ether oxygens (including phenoxy) is 3. The second kappa shape index (κ2) is 9.45. The highest BCUT2D eigenvalue weighted by molar-refractivity contribution is 5.92. The molecule has 0 saturated carbocycles. The minimum atomic E-state index is -0.570. The van der Waals surface area contributed by atoms with Gasteiger partial charge in [-0.15, -0.1) is 0 Å². The van der Waals surface area contributed by atoms with Crippen molar-refractivity contribution >= 4 is 11.9 Å². The average Bonchev–Trinajstić information content (AvgIpc) is 2.76. The molecule has 0 heterocycles. The summed E-state index contributed by atoms with van der Waals surface area (Å²) in [7, 11) is 3.30. The molecule has 1 amide bonds. The molecule has 0 unspecified atom stereocenters. The molecule has 1 aliphatic rings. The maximum atomic E-state index is 12.7. The molecule has 1 atom stereocenters. The van der Waals surface area contributed by atoms with E-state index in [4.69, 9.17) is 14.2 Å². The number of fused-ring (bicyclic) bond motifs is 1. The van der Waals surface area contributed by atoms with Gasteiger partial charge in [-0.05, 0) is 55.5 Å². The summed E-state index contributed by atoms with van der Waals surface area (Å²) in [4.78, 5) is 26.8. The van der Waals surface area contributed by atoms with Crippen LogP contribution in [0.4, 0.5) is 0 Å². The fraction of sp³-hybridized carbons (Fsp3) is 0.391. The number of methoxy groups -OCH3 is 1. The Labute approximate surface area is 171 Å². The fourth-order valence-corrected chi connectivity index (χ4v) is 3.69.